The Bertz CT molecular complexity index is 2070. The van der Waals surface area contributed by atoms with E-state index in [0.29, 0.717) is 35.9 Å². The van der Waals surface area contributed by atoms with E-state index in [-0.39, 0.29) is 57.7 Å². The van der Waals surface area contributed by atoms with Crippen molar-refractivity contribution in [2.45, 2.75) is 173 Å². The van der Waals surface area contributed by atoms with Crippen molar-refractivity contribution in [3.8, 4) is 0 Å². The summed E-state index contributed by atoms with van der Waals surface area (Å²) < 4.78 is 80.0. The summed E-state index contributed by atoms with van der Waals surface area (Å²) >= 11 is 6.68. The first-order chi connectivity index (χ1) is 31.9. The second kappa shape index (κ2) is 22.6. The molecule has 2 saturated heterocycles. The zero-order chi connectivity index (χ0) is 49.7. The SMILES string of the molecule is CCOP(=O)(OCC)C(COCC[Si](C)(C)C)(COCC1=NNN(COCC[Si](C)(C)C)N1)OC[C@H]1O[C@@H](n2ncc3c(N(C(=O)OC(C)(C)C)C4CCCC4)nc(Cl)nc32)[C@@H]2OC(C)(C)O[C@@H]21. The lowest BCUT2D eigenvalue weighted by Gasteiger charge is -2.39. The van der Waals surface area contributed by atoms with E-state index in [1.807, 2.05) is 34.6 Å². The molecule has 0 bridgehead atoms. The number of fused-ring (bicyclic) bond motifs is 2. The van der Waals surface area contributed by atoms with Crippen molar-refractivity contribution in [2.24, 2.45) is 5.10 Å². The molecule has 5 heterocycles. The minimum atomic E-state index is -4.19. The van der Waals surface area contributed by atoms with Crippen molar-refractivity contribution < 1.29 is 56.3 Å². The molecular weight excluding hydrogens is 957 g/mol. The molecule has 2 aromatic rings. The minimum Gasteiger partial charge on any atom is -0.443 e. The van der Waals surface area contributed by atoms with Crippen molar-refractivity contribution in [3.63, 3.8) is 0 Å². The fraction of sp³-hybridized carbons (Fsp3) is 0.837. The number of nitrogens with one attached hydrogen (secondary N) is 2. The number of hydrazine groups is 2. The molecule has 1 amide bonds. The first-order valence-corrected chi connectivity index (χ1v) is 33.3. The van der Waals surface area contributed by atoms with Crippen molar-refractivity contribution in [1.82, 2.24) is 35.8 Å². The second-order valence-corrected chi connectivity index (χ2v) is 35.5. The fourth-order valence-electron chi connectivity index (χ4n) is 8.24. The molecule has 0 aromatic carbocycles. The van der Waals surface area contributed by atoms with Gasteiger partial charge in [-0.05, 0) is 85.0 Å². The smallest absolute Gasteiger partial charge is 0.416 e. The molecular formula is C43H77ClN9O12PSi2. The number of carbonyl (C=O) groups excluding carboxylic acids is 1. The van der Waals surface area contributed by atoms with Gasteiger partial charge in [0.05, 0.1) is 44.6 Å². The molecule has 0 spiro atoms. The van der Waals surface area contributed by atoms with Gasteiger partial charge in [-0.1, -0.05) is 57.2 Å². The Morgan fingerprint density at radius 2 is 1.59 bits per heavy atom. The molecule has 3 aliphatic heterocycles. The first-order valence-electron chi connectivity index (χ1n) is 23.9. The molecule has 25 heteroatoms. The Balaban J connectivity index is 1.28. The summed E-state index contributed by atoms with van der Waals surface area (Å²) in [6, 6.07) is 1.72. The molecule has 1 saturated carbocycles. The van der Waals surface area contributed by atoms with E-state index in [0.717, 1.165) is 37.8 Å². The van der Waals surface area contributed by atoms with Crippen LogP contribution in [0.5, 0.6) is 0 Å². The van der Waals surface area contributed by atoms with E-state index in [4.69, 9.17) is 63.6 Å². The van der Waals surface area contributed by atoms with Crippen LogP contribution in [0.15, 0.2) is 11.3 Å². The van der Waals surface area contributed by atoms with Crippen LogP contribution < -0.4 is 15.9 Å². The van der Waals surface area contributed by atoms with Gasteiger partial charge in [-0.3, -0.25) is 14.9 Å². The zero-order valence-electron chi connectivity index (χ0n) is 42.4. The number of amidine groups is 1. The molecule has 3 fully saturated rings. The van der Waals surface area contributed by atoms with Gasteiger partial charge in [-0.2, -0.15) is 15.1 Å². The number of aromatic nitrogens is 4. The van der Waals surface area contributed by atoms with E-state index >= 15 is 4.57 Å². The topological polar surface area (TPSA) is 213 Å². The van der Waals surface area contributed by atoms with Gasteiger partial charge in [0, 0.05) is 35.4 Å². The summed E-state index contributed by atoms with van der Waals surface area (Å²) in [5.41, 5.74) is 5.62. The van der Waals surface area contributed by atoms with Crippen LogP contribution in [0.3, 0.4) is 0 Å². The van der Waals surface area contributed by atoms with Gasteiger partial charge in [0.1, 0.15) is 37.3 Å². The average molecular weight is 1030 g/mol. The minimum absolute atomic E-state index is 0.0145. The highest BCUT2D eigenvalue weighted by molar-refractivity contribution is 7.55. The van der Waals surface area contributed by atoms with Crippen LogP contribution in [0, 0.1) is 0 Å². The molecule has 1 unspecified atom stereocenters. The lowest BCUT2D eigenvalue weighted by Crippen LogP contribution is -2.48. The number of hydrazone groups is 1. The monoisotopic (exact) mass is 1030 g/mol. The molecule has 4 aliphatic rings. The van der Waals surface area contributed by atoms with Crippen LogP contribution in [0.25, 0.3) is 11.0 Å². The lowest BCUT2D eigenvalue weighted by atomic mass is 10.1. The maximum atomic E-state index is 15.2. The summed E-state index contributed by atoms with van der Waals surface area (Å²) in [7, 11) is -6.97. The Morgan fingerprint density at radius 3 is 2.22 bits per heavy atom. The van der Waals surface area contributed by atoms with Gasteiger partial charge < -0.3 is 46.9 Å². The van der Waals surface area contributed by atoms with Crippen molar-refractivity contribution in [1.29, 1.82) is 0 Å². The number of carbonyl (C=O) groups is 1. The third-order valence-corrected chi connectivity index (χ3v) is 17.7. The van der Waals surface area contributed by atoms with Crippen molar-refractivity contribution >= 4 is 64.1 Å². The van der Waals surface area contributed by atoms with Gasteiger partial charge in [0.2, 0.25) is 10.6 Å². The Labute approximate surface area is 408 Å². The molecule has 6 rings (SSSR count). The third kappa shape index (κ3) is 14.2. The summed E-state index contributed by atoms with van der Waals surface area (Å²) in [6.07, 6.45) is 1.37. The molecule has 0 radical (unpaired) electrons. The van der Waals surface area contributed by atoms with Gasteiger partial charge in [-0.25, -0.2) is 15.0 Å². The summed E-state index contributed by atoms with van der Waals surface area (Å²) in [5, 5.41) is 9.35. The van der Waals surface area contributed by atoms with Crippen LogP contribution >= 0.6 is 19.2 Å². The molecule has 2 aromatic heterocycles. The second-order valence-electron chi connectivity index (χ2n) is 21.6. The zero-order valence-corrected chi connectivity index (χ0v) is 46.1. The van der Waals surface area contributed by atoms with Crippen LogP contribution in [0.2, 0.25) is 56.7 Å². The van der Waals surface area contributed by atoms with Crippen LogP contribution in [-0.2, 0) is 51.5 Å². The highest BCUT2D eigenvalue weighted by atomic mass is 35.5. The molecule has 21 nitrogen and oxygen atoms in total. The van der Waals surface area contributed by atoms with Crippen LogP contribution in [0.4, 0.5) is 10.6 Å². The van der Waals surface area contributed by atoms with Gasteiger partial charge in [-0.15, -0.1) is 5.10 Å². The molecule has 1 aliphatic carbocycles. The first kappa shape index (κ1) is 55.0. The Morgan fingerprint density at radius 1 is 0.956 bits per heavy atom. The lowest BCUT2D eigenvalue weighted by molar-refractivity contribution is -0.209. The highest BCUT2D eigenvalue weighted by Gasteiger charge is 2.59. The van der Waals surface area contributed by atoms with Gasteiger partial charge in [0.25, 0.3) is 0 Å². The Kier molecular flexibility index (Phi) is 18.3. The van der Waals surface area contributed by atoms with E-state index in [9.17, 15) is 4.79 Å². The van der Waals surface area contributed by atoms with Gasteiger partial charge in [0.15, 0.2) is 29.3 Å². The molecule has 68 heavy (non-hydrogen) atoms. The number of rotatable bonds is 25. The summed E-state index contributed by atoms with van der Waals surface area (Å²) in [6.45, 7) is 27.0. The molecule has 386 valence electrons. The number of anilines is 1. The number of halogens is 1. The van der Waals surface area contributed by atoms with E-state index < -0.39 is 71.1 Å². The molecule has 2 N–H and O–H groups in total. The normalized spacial score (nSPS) is 23.4. The molecule has 5 atom stereocenters. The van der Waals surface area contributed by atoms with Gasteiger partial charge >= 0.3 is 13.7 Å². The maximum absolute atomic E-state index is 15.2. The predicted molar refractivity (Wildman–Crippen MR) is 263 cm³/mol. The van der Waals surface area contributed by atoms with Crippen molar-refractivity contribution in [3.05, 3.63) is 11.5 Å². The van der Waals surface area contributed by atoms with Crippen LogP contribution in [-0.4, -0.2) is 154 Å². The van der Waals surface area contributed by atoms with Crippen LogP contribution in [0.1, 0.15) is 80.4 Å². The number of hydrogen-bond acceptors (Lipinski definition) is 19. The average Bonchev–Trinajstić information content (AvgIpc) is 4.07. The largest absolute Gasteiger partial charge is 0.443 e. The van der Waals surface area contributed by atoms with E-state index in [2.05, 4.69) is 65.3 Å². The Hall–Kier alpha value is -2.36. The fourth-order valence-corrected chi connectivity index (χ4v) is 11.9. The predicted octanol–water partition coefficient (Wildman–Crippen LogP) is 7.88. The summed E-state index contributed by atoms with van der Waals surface area (Å²) in [4.78, 5) is 24.7. The van der Waals surface area contributed by atoms with E-state index in [1.54, 1.807) is 34.7 Å². The van der Waals surface area contributed by atoms with E-state index in [1.165, 1.54) is 0 Å². The number of nitrogens with zero attached hydrogens (tertiary/aromatic N) is 7. The number of amides is 1. The third-order valence-electron chi connectivity index (χ3n) is 11.6. The number of hydrogen-bond donors (Lipinski definition) is 2. The highest BCUT2D eigenvalue weighted by Crippen LogP contribution is 2.61. The summed E-state index contributed by atoms with van der Waals surface area (Å²) in [5.74, 6) is -0.274. The quantitative estimate of drug-likeness (QED) is 0.0419. The number of ether oxygens (including phenoxy) is 8. The maximum Gasteiger partial charge on any atom is 0.416 e. The standard InChI is InChI=1S/C43H77ClN9O12PSi2/c1-14-60-66(55,61-15-2)43(27-56-20-22-67(8,9)10,28-58-26-33-48-50-51(49-33)29-57-21-23-68(11,12)13)59-25-32-34-35(64-42(6,7)63-34)38(62-32)53-37-31(24-45-53)36(46-39(44)47-37)52(30-18-16-17-19-30)40(54)65-41(3,4)5/h24,30,32,34-35,38,50H,14-23,25-29H2,1-13H3,(H,48,49)/t32-,34-,35-,38-,43?/m1/s1. The van der Waals surface area contributed by atoms with Crippen molar-refractivity contribution in [2.75, 3.05) is 64.5 Å².